The van der Waals surface area contributed by atoms with E-state index in [1.807, 2.05) is 0 Å². The Morgan fingerprint density at radius 2 is 2.00 bits per heavy atom. The SMILES string of the molecule is Cc1ccc(C)c(N2CCN(C(=O)NO[C@H]3CCCCO3)CC2)c1. The van der Waals surface area contributed by atoms with Crippen LogP contribution in [0.1, 0.15) is 30.4 Å². The third-order valence-corrected chi connectivity index (χ3v) is 4.69. The van der Waals surface area contributed by atoms with E-state index < -0.39 is 0 Å². The predicted molar refractivity (Wildman–Crippen MR) is 92.9 cm³/mol. The first-order valence-electron chi connectivity index (χ1n) is 8.78. The summed E-state index contributed by atoms with van der Waals surface area (Å²) in [6.07, 6.45) is 2.67. The summed E-state index contributed by atoms with van der Waals surface area (Å²) in [5, 5.41) is 0. The molecule has 1 N–H and O–H groups in total. The average Bonchev–Trinajstić information content (AvgIpc) is 2.63. The maximum Gasteiger partial charge on any atom is 0.341 e. The number of nitrogens with zero attached hydrogens (tertiary/aromatic N) is 2. The van der Waals surface area contributed by atoms with E-state index in [1.165, 1.54) is 16.8 Å². The summed E-state index contributed by atoms with van der Waals surface area (Å²) in [4.78, 5) is 21.7. The monoisotopic (exact) mass is 333 g/mol. The smallest absolute Gasteiger partial charge is 0.341 e. The van der Waals surface area contributed by atoms with Gasteiger partial charge in [-0.1, -0.05) is 12.1 Å². The summed E-state index contributed by atoms with van der Waals surface area (Å²) in [6.45, 7) is 7.98. The molecule has 1 aromatic carbocycles. The molecule has 6 nitrogen and oxygen atoms in total. The summed E-state index contributed by atoms with van der Waals surface area (Å²) in [6, 6.07) is 6.33. The number of hydrogen-bond donors (Lipinski definition) is 1. The third-order valence-electron chi connectivity index (χ3n) is 4.69. The Morgan fingerprint density at radius 3 is 2.71 bits per heavy atom. The van der Waals surface area contributed by atoms with Crippen molar-refractivity contribution in [1.82, 2.24) is 10.4 Å². The normalized spacial score (nSPS) is 21.7. The topological polar surface area (TPSA) is 54.0 Å². The maximum absolute atomic E-state index is 12.2. The van der Waals surface area contributed by atoms with Crippen molar-refractivity contribution in [1.29, 1.82) is 0 Å². The molecule has 3 rings (SSSR count). The molecule has 132 valence electrons. The Bertz CT molecular complexity index is 565. The van der Waals surface area contributed by atoms with Crippen molar-refractivity contribution >= 4 is 11.7 Å². The highest BCUT2D eigenvalue weighted by Crippen LogP contribution is 2.22. The highest BCUT2D eigenvalue weighted by molar-refractivity contribution is 5.73. The first-order valence-corrected chi connectivity index (χ1v) is 8.78. The van der Waals surface area contributed by atoms with Crippen LogP contribution in [-0.4, -0.2) is 50.0 Å². The number of benzene rings is 1. The Hall–Kier alpha value is -1.79. The molecule has 0 bridgehead atoms. The van der Waals surface area contributed by atoms with Crippen LogP contribution in [0.4, 0.5) is 10.5 Å². The maximum atomic E-state index is 12.2. The molecule has 2 amide bonds. The standard InChI is InChI=1S/C18H27N3O3/c1-14-6-7-15(2)16(13-14)20-8-10-21(11-9-20)18(22)19-24-17-5-3-4-12-23-17/h6-7,13,17H,3-5,8-12H2,1-2H3,(H,19,22)/t17-/m0/s1. The van der Waals surface area contributed by atoms with Crippen molar-refractivity contribution in [3.05, 3.63) is 29.3 Å². The number of nitrogens with one attached hydrogen (secondary N) is 1. The molecule has 1 aromatic rings. The number of aryl methyl sites for hydroxylation is 2. The molecule has 1 atom stereocenters. The average molecular weight is 333 g/mol. The lowest BCUT2D eigenvalue weighted by atomic mass is 10.1. The molecule has 0 aliphatic carbocycles. The second-order valence-corrected chi connectivity index (χ2v) is 6.59. The van der Waals surface area contributed by atoms with Crippen LogP contribution in [-0.2, 0) is 9.57 Å². The zero-order valence-electron chi connectivity index (χ0n) is 14.6. The summed E-state index contributed by atoms with van der Waals surface area (Å²) in [7, 11) is 0. The molecule has 0 radical (unpaired) electrons. The van der Waals surface area contributed by atoms with E-state index in [0.717, 1.165) is 32.4 Å². The minimum Gasteiger partial charge on any atom is -0.368 e. The number of carbonyl (C=O) groups excluding carboxylic acids is 1. The van der Waals surface area contributed by atoms with Gasteiger partial charge in [0, 0.05) is 44.9 Å². The van der Waals surface area contributed by atoms with Crippen molar-refractivity contribution in [2.45, 2.75) is 39.4 Å². The first-order chi connectivity index (χ1) is 11.6. The lowest BCUT2D eigenvalue weighted by Gasteiger charge is -2.37. The number of ether oxygens (including phenoxy) is 1. The van der Waals surface area contributed by atoms with Gasteiger partial charge in [-0.3, -0.25) is 0 Å². The van der Waals surface area contributed by atoms with Gasteiger partial charge in [0.2, 0.25) is 0 Å². The van der Waals surface area contributed by atoms with E-state index in [1.54, 1.807) is 4.90 Å². The third kappa shape index (κ3) is 4.19. The lowest BCUT2D eigenvalue weighted by Crippen LogP contribution is -2.52. The van der Waals surface area contributed by atoms with Gasteiger partial charge in [0.25, 0.3) is 0 Å². The summed E-state index contributed by atoms with van der Waals surface area (Å²) >= 11 is 0. The van der Waals surface area contributed by atoms with E-state index in [4.69, 9.17) is 9.57 Å². The molecule has 0 unspecified atom stereocenters. The Kier molecular flexibility index (Phi) is 5.58. The van der Waals surface area contributed by atoms with Crippen molar-refractivity contribution in [2.24, 2.45) is 0 Å². The number of hydrogen-bond acceptors (Lipinski definition) is 4. The number of anilines is 1. The fourth-order valence-corrected chi connectivity index (χ4v) is 3.20. The molecule has 2 saturated heterocycles. The zero-order valence-corrected chi connectivity index (χ0v) is 14.6. The highest BCUT2D eigenvalue weighted by Gasteiger charge is 2.23. The van der Waals surface area contributed by atoms with E-state index >= 15 is 0 Å². The Balaban J connectivity index is 1.47. The highest BCUT2D eigenvalue weighted by atomic mass is 16.8. The second kappa shape index (κ2) is 7.85. The van der Waals surface area contributed by atoms with Gasteiger partial charge in [-0.05, 0) is 43.9 Å². The van der Waals surface area contributed by atoms with Crippen LogP contribution in [0.15, 0.2) is 18.2 Å². The largest absolute Gasteiger partial charge is 0.368 e. The van der Waals surface area contributed by atoms with Gasteiger partial charge in [-0.2, -0.15) is 0 Å². The van der Waals surface area contributed by atoms with Crippen LogP contribution in [0.3, 0.4) is 0 Å². The van der Waals surface area contributed by atoms with Gasteiger partial charge in [0.15, 0.2) is 6.29 Å². The molecule has 2 heterocycles. The van der Waals surface area contributed by atoms with E-state index in [-0.39, 0.29) is 12.3 Å². The molecule has 6 heteroatoms. The van der Waals surface area contributed by atoms with Gasteiger partial charge in [0.05, 0.1) is 0 Å². The van der Waals surface area contributed by atoms with Gasteiger partial charge in [-0.15, -0.1) is 0 Å². The fraction of sp³-hybridized carbons (Fsp3) is 0.611. The molecular formula is C18H27N3O3. The Labute approximate surface area is 143 Å². The summed E-state index contributed by atoms with van der Waals surface area (Å²) < 4.78 is 5.45. The molecule has 0 saturated carbocycles. The number of amides is 2. The summed E-state index contributed by atoms with van der Waals surface area (Å²) in [5.74, 6) is 0. The van der Waals surface area contributed by atoms with Crippen molar-refractivity contribution in [3.63, 3.8) is 0 Å². The van der Waals surface area contributed by atoms with E-state index in [0.29, 0.717) is 19.7 Å². The minimum absolute atomic E-state index is 0.176. The molecule has 2 aliphatic rings. The predicted octanol–water partition coefficient (Wildman–Crippen LogP) is 2.59. The van der Waals surface area contributed by atoms with E-state index in [2.05, 4.69) is 42.4 Å². The first kappa shape index (κ1) is 17.0. The molecular weight excluding hydrogens is 306 g/mol. The van der Waals surface area contributed by atoms with Gasteiger partial charge in [0.1, 0.15) is 0 Å². The molecule has 24 heavy (non-hydrogen) atoms. The molecule has 2 aliphatic heterocycles. The van der Waals surface area contributed by atoms with Crippen LogP contribution >= 0.6 is 0 Å². The lowest BCUT2D eigenvalue weighted by molar-refractivity contribution is -0.187. The van der Waals surface area contributed by atoms with Crippen LogP contribution in [0, 0.1) is 13.8 Å². The molecule has 0 aromatic heterocycles. The molecule has 2 fully saturated rings. The van der Waals surface area contributed by atoms with Gasteiger partial charge < -0.3 is 14.5 Å². The summed E-state index contributed by atoms with van der Waals surface area (Å²) in [5.41, 5.74) is 6.34. The van der Waals surface area contributed by atoms with Crippen LogP contribution in [0.5, 0.6) is 0 Å². The van der Waals surface area contributed by atoms with Crippen LogP contribution < -0.4 is 10.4 Å². The number of urea groups is 1. The Morgan fingerprint density at radius 1 is 1.21 bits per heavy atom. The second-order valence-electron chi connectivity index (χ2n) is 6.59. The number of rotatable bonds is 3. The fourth-order valence-electron chi connectivity index (χ4n) is 3.20. The number of hydroxylamine groups is 1. The van der Waals surface area contributed by atoms with E-state index in [9.17, 15) is 4.79 Å². The number of piperazine rings is 1. The van der Waals surface area contributed by atoms with Crippen LogP contribution in [0.25, 0.3) is 0 Å². The molecule has 0 spiro atoms. The van der Waals surface area contributed by atoms with Gasteiger partial charge in [-0.25, -0.2) is 15.1 Å². The van der Waals surface area contributed by atoms with Crippen molar-refractivity contribution < 1.29 is 14.4 Å². The van der Waals surface area contributed by atoms with Crippen molar-refractivity contribution in [2.75, 3.05) is 37.7 Å². The number of carbonyl (C=O) groups is 1. The van der Waals surface area contributed by atoms with Crippen LogP contribution in [0.2, 0.25) is 0 Å². The van der Waals surface area contributed by atoms with Gasteiger partial charge >= 0.3 is 6.03 Å². The zero-order chi connectivity index (χ0) is 16.9. The minimum atomic E-state index is -0.307. The quantitative estimate of drug-likeness (QED) is 0.864. The van der Waals surface area contributed by atoms with Crippen molar-refractivity contribution in [3.8, 4) is 0 Å².